The molecule has 0 saturated heterocycles. The first-order chi connectivity index (χ1) is 6.70. The molecule has 14 heavy (non-hydrogen) atoms. The van der Waals surface area contributed by atoms with Crippen molar-refractivity contribution in [3.8, 4) is 0 Å². The third kappa shape index (κ3) is 1.15. The molecule has 0 bridgehead atoms. The van der Waals surface area contributed by atoms with Crippen molar-refractivity contribution in [2.75, 3.05) is 5.73 Å². The van der Waals surface area contributed by atoms with Crippen LogP contribution in [0.25, 0.3) is 10.9 Å². The predicted molar refractivity (Wildman–Crippen MR) is 50.9 cm³/mol. The lowest BCUT2D eigenvalue weighted by atomic mass is 10.2. The van der Waals surface area contributed by atoms with Gasteiger partial charge in [0, 0.05) is 17.8 Å². The highest BCUT2D eigenvalue weighted by Crippen LogP contribution is 2.19. The minimum atomic E-state index is -1.05. The second-order valence-electron chi connectivity index (χ2n) is 2.76. The largest absolute Gasteiger partial charge is 0.478 e. The summed E-state index contributed by atoms with van der Waals surface area (Å²) in [5, 5.41) is 9.42. The average Bonchev–Trinajstić information content (AvgIpc) is 2.18. The zero-order valence-corrected chi connectivity index (χ0v) is 7.14. The molecule has 5 heteroatoms. The fourth-order valence-electron chi connectivity index (χ4n) is 1.25. The summed E-state index contributed by atoms with van der Waals surface area (Å²) in [6.07, 6.45) is 2.74. The van der Waals surface area contributed by atoms with Crippen LogP contribution in [-0.2, 0) is 0 Å². The molecule has 0 aromatic carbocycles. The summed E-state index contributed by atoms with van der Waals surface area (Å²) in [6, 6.07) is 3.38. The van der Waals surface area contributed by atoms with Crippen molar-refractivity contribution >= 4 is 22.7 Å². The Morgan fingerprint density at radius 2 is 2.21 bits per heavy atom. The van der Waals surface area contributed by atoms with Crippen LogP contribution in [0.5, 0.6) is 0 Å². The molecule has 0 atom stereocenters. The van der Waals surface area contributed by atoms with Gasteiger partial charge in [0.25, 0.3) is 0 Å². The number of aromatic nitrogens is 2. The minimum Gasteiger partial charge on any atom is -0.478 e. The first-order valence-electron chi connectivity index (χ1n) is 3.92. The molecule has 2 heterocycles. The van der Waals surface area contributed by atoms with E-state index in [9.17, 15) is 4.79 Å². The minimum absolute atomic E-state index is 0.0646. The maximum atomic E-state index is 10.8. The fourth-order valence-corrected chi connectivity index (χ4v) is 1.25. The molecule has 0 aliphatic carbocycles. The summed E-state index contributed by atoms with van der Waals surface area (Å²) in [5.41, 5.74) is 6.01. The molecule has 0 aliphatic heterocycles. The number of rotatable bonds is 1. The number of fused-ring (bicyclic) bond motifs is 1. The molecule has 3 N–H and O–H groups in total. The number of pyridine rings is 2. The summed E-state index contributed by atoms with van der Waals surface area (Å²) in [7, 11) is 0. The zero-order chi connectivity index (χ0) is 10.1. The fraction of sp³-hybridized carbons (Fsp3) is 0. The number of anilines is 1. The lowest BCUT2D eigenvalue weighted by Crippen LogP contribution is -2.02. The number of aromatic carboxylic acids is 1. The topological polar surface area (TPSA) is 89.1 Å². The van der Waals surface area contributed by atoms with E-state index in [0.29, 0.717) is 10.9 Å². The highest BCUT2D eigenvalue weighted by atomic mass is 16.4. The molecule has 70 valence electrons. The molecule has 0 aliphatic rings. The first-order valence-corrected chi connectivity index (χ1v) is 3.92. The molecule has 5 nitrogen and oxygen atoms in total. The van der Waals surface area contributed by atoms with Gasteiger partial charge in [0.2, 0.25) is 0 Å². The van der Waals surface area contributed by atoms with Crippen LogP contribution in [0.3, 0.4) is 0 Å². The molecule has 0 amide bonds. The second-order valence-corrected chi connectivity index (χ2v) is 2.76. The zero-order valence-electron chi connectivity index (χ0n) is 7.14. The van der Waals surface area contributed by atoms with Crippen molar-refractivity contribution in [2.45, 2.75) is 0 Å². The summed E-state index contributed by atoms with van der Waals surface area (Å²) >= 11 is 0. The van der Waals surface area contributed by atoms with Gasteiger partial charge in [-0.15, -0.1) is 0 Å². The van der Waals surface area contributed by atoms with Gasteiger partial charge in [-0.1, -0.05) is 0 Å². The SMILES string of the molecule is Nc1ncc(C(=O)O)c2ncccc12. The third-order valence-electron chi connectivity index (χ3n) is 1.90. The van der Waals surface area contributed by atoms with E-state index >= 15 is 0 Å². The van der Waals surface area contributed by atoms with E-state index in [4.69, 9.17) is 10.8 Å². The molecule has 0 spiro atoms. The number of carbonyl (C=O) groups is 1. The van der Waals surface area contributed by atoms with Crippen molar-refractivity contribution < 1.29 is 9.90 Å². The molecular formula is C9H7N3O2. The van der Waals surface area contributed by atoms with Crippen molar-refractivity contribution in [3.05, 3.63) is 30.1 Å². The number of hydrogen-bond acceptors (Lipinski definition) is 4. The third-order valence-corrected chi connectivity index (χ3v) is 1.90. The van der Waals surface area contributed by atoms with Crippen LogP contribution in [-0.4, -0.2) is 21.0 Å². The van der Waals surface area contributed by atoms with Crippen LogP contribution >= 0.6 is 0 Å². The van der Waals surface area contributed by atoms with Gasteiger partial charge in [-0.05, 0) is 12.1 Å². The number of nitrogens with two attached hydrogens (primary N) is 1. The lowest BCUT2D eigenvalue weighted by Gasteiger charge is -2.02. The quantitative estimate of drug-likeness (QED) is 0.695. The van der Waals surface area contributed by atoms with Gasteiger partial charge in [0.1, 0.15) is 11.4 Å². The van der Waals surface area contributed by atoms with Gasteiger partial charge in [0.05, 0.1) is 5.52 Å². The van der Waals surface area contributed by atoms with Crippen molar-refractivity contribution in [1.82, 2.24) is 9.97 Å². The number of nitrogen functional groups attached to an aromatic ring is 1. The van der Waals surface area contributed by atoms with Crippen LogP contribution in [0.1, 0.15) is 10.4 Å². The van der Waals surface area contributed by atoms with E-state index < -0.39 is 5.97 Å². The Labute approximate surface area is 79.2 Å². The standard InChI is InChI=1S/C9H7N3O2/c10-8-5-2-1-3-11-7(5)6(4-12-8)9(13)14/h1-4H,(H2,10,12)(H,13,14). The van der Waals surface area contributed by atoms with Crippen LogP contribution < -0.4 is 5.73 Å². The summed E-state index contributed by atoms with van der Waals surface area (Å²) < 4.78 is 0. The maximum absolute atomic E-state index is 10.8. The molecule has 0 saturated carbocycles. The van der Waals surface area contributed by atoms with Crippen LogP contribution in [0.15, 0.2) is 24.5 Å². The number of hydrogen-bond donors (Lipinski definition) is 2. The van der Waals surface area contributed by atoms with Crippen molar-refractivity contribution in [2.24, 2.45) is 0 Å². The maximum Gasteiger partial charge on any atom is 0.339 e. The Balaban J connectivity index is 2.88. The summed E-state index contributed by atoms with van der Waals surface area (Å²) in [6.45, 7) is 0. The smallest absolute Gasteiger partial charge is 0.339 e. The van der Waals surface area contributed by atoms with E-state index in [-0.39, 0.29) is 11.4 Å². The molecule has 2 aromatic rings. The highest BCUT2D eigenvalue weighted by Gasteiger charge is 2.11. The molecular weight excluding hydrogens is 182 g/mol. The molecule has 0 radical (unpaired) electrons. The number of carboxylic acid groups (broad SMARTS) is 1. The van der Waals surface area contributed by atoms with Gasteiger partial charge < -0.3 is 10.8 Å². The van der Waals surface area contributed by atoms with Crippen LogP contribution in [0.4, 0.5) is 5.82 Å². The second kappa shape index (κ2) is 2.95. The van der Waals surface area contributed by atoms with E-state index in [0.717, 1.165) is 0 Å². The number of carboxylic acids is 1. The first kappa shape index (κ1) is 8.43. The Hall–Kier alpha value is -2.17. The van der Waals surface area contributed by atoms with Crippen molar-refractivity contribution in [1.29, 1.82) is 0 Å². The van der Waals surface area contributed by atoms with Gasteiger partial charge in [-0.2, -0.15) is 0 Å². The molecule has 0 unspecified atom stereocenters. The molecule has 2 aromatic heterocycles. The number of nitrogens with zero attached hydrogens (tertiary/aromatic N) is 2. The molecule has 2 rings (SSSR count). The highest BCUT2D eigenvalue weighted by molar-refractivity contribution is 6.04. The Morgan fingerprint density at radius 3 is 2.93 bits per heavy atom. The van der Waals surface area contributed by atoms with Gasteiger partial charge in [-0.3, -0.25) is 4.98 Å². The van der Waals surface area contributed by atoms with Crippen LogP contribution in [0.2, 0.25) is 0 Å². The van der Waals surface area contributed by atoms with E-state index in [2.05, 4.69) is 9.97 Å². The monoisotopic (exact) mass is 189 g/mol. The normalized spacial score (nSPS) is 10.3. The summed E-state index contributed by atoms with van der Waals surface area (Å²) in [5.74, 6) is -0.765. The van der Waals surface area contributed by atoms with E-state index in [1.807, 2.05) is 0 Å². The van der Waals surface area contributed by atoms with Gasteiger partial charge >= 0.3 is 5.97 Å². The van der Waals surface area contributed by atoms with Gasteiger partial charge in [0.15, 0.2) is 0 Å². The predicted octanol–water partition coefficient (Wildman–Crippen LogP) is 0.910. The van der Waals surface area contributed by atoms with Crippen LogP contribution in [0, 0.1) is 0 Å². The van der Waals surface area contributed by atoms with E-state index in [1.54, 1.807) is 12.1 Å². The van der Waals surface area contributed by atoms with Crippen molar-refractivity contribution in [3.63, 3.8) is 0 Å². The lowest BCUT2D eigenvalue weighted by molar-refractivity contribution is 0.0698. The Morgan fingerprint density at radius 1 is 1.43 bits per heavy atom. The average molecular weight is 189 g/mol. The van der Waals surface area contributed by atoms with E-state index in [1.165, 1.54) is 12.4 Å². The summed E-state index contributed by atoms with van der Waals surface area (Å²) in [4.78, 5) is 18.6. The Bertz CT molecular complexity index is 510. The van der Waals surface area contributed by atoms with Gasteiger partial charge in [-0.25, -0.2) is 9.78 Å². The molecule has 0 fully saturated rings. The Kier molecular flexibility index (Phi) is 1.78.